The molecule has 0 bridgehead atoms. The van der Waals surface area contributed by atoms with Crippen LogP contribution in [0.3, 0.4) is 0 Å². The number of aromatic hydroxyl groups is 1. The Morgan fingerprint density at radius 1 is 1.27 bits per heavy atom. The van der Waals surface area contributed by atoms with Crippen LogP contribution in [-0.2, 0) is 9.53 Å². The molecule has 0 aliphatic heterocycles. The van der Waals surface area contributed by atoms with Crippen molar-refractivity contribution in [1.82, 2.24) is 0 Å². The number of carbonyl (C=O) groups excluding carboxylic acids is 1. The maximum absolute atomic E-state index is 12.0. The summed E-state index contributed by atoms with van der Waals surface area (Å²) in [6.07, 6.45) is 1.56. The van der Waals surface area contributed by atoms with Gasteiger partial charge in [-0.05, 0) is 48.2 Å². The summed E-state index contributed by atoms with van der Waals surface area (Å²) in [4.78, 5) is 12.0. The normalized spacial score (nSPS) is 11.7. The fraction of sp³-hybridized carbons (Fsp3) is 0.211. The van der Waals surface area contributed by atoms with Gasteiger partial charge in [-0.1, -0.05) is 43.0 Å². The molecule has 1 unspecified atom stereocenters. The molecule has 0 aliphatic carbocycles. The summed E-state index contributed by atoms with van der Waals surface area (Å²) in [7, 11) is 0. The highest BCUT2D eigenvalue weighted by Crippen LogP contribution is 2.30. The van der Waals surface area contributed by atoms with Gasteiger partial charge in [0, 0.05) is 0 Å². The molecule has 0 amide bonds. The van der Waals surface area contributed by atoms with Crippen LogP contribution in [0, 0.1) is 6.92 Å². The van der Waals surface area contributed by atoms with Crippen LogP contribution in [0.1, 0.15) is 24.0 Å². The smallest absolute Gasteiger partial charge is 0.313 e. The summed E-state index contributed by atoms with van der Waals surface area (Å²) >= 11 is 0. The summed E-state index contributed by atoms with van der Waals surface area (Å²) in [5.41, 5.74) is 4.03. The monoisotopic (exact) mass is 296 g/mol. The van der Waals surface area contributed by atoms with Gasteiger partial charge < -0.3 is 9.84 Å². The van der Waals surface area contributed by atoms with Crippen LogP contribution in [0.5, 0.6) is 5.75 Å². The van der Waals surface area contributed by atoms with E-state index in [0.717, 1.165) is 22.3 Å². The number of hydrogen-bond donors (Lipinski definition) is 1. The van der Waals surface area contributed by atoms with Gasteiger partial charge in [-0.2, -0.15) is 0 Å². The Hall–Kier alpha value is -2.55. The molecule has 0 heterocycles. The molecule has 0 aromatic heterocycles. The fourth-order valence-corrected chi connectivity index (χ4v) is 2.47. The predicted octanol–water partition coefficient (Wildman–Crippen LogP) is 4.20. The summed E-state index contributed by atoms with van der Waals surface area (Å²) in [5, 5.41) is 9.40. The highest BCUT2D eigenvalue weighted by atomic mass is 16.5. The first-order valence-corrected chi connectivity index (χ1v) is 7.21. The minimum absolute atomic E-state index is 0.222. The number of esters is 1. The highest BCUT2D eigenvalue weighted by molar-refractivity contribution is 5.80. The molecule has 0 aliphatic rings. The Morgan fingerprint density at radius 3 is 2.59 bits per heavy atom. The van der Waals surface area contributed by atoms with Crippen molar-refractivity contribution in [3.05, 3.63) is 66.2 Å². The van der Waals surface area contributed by atoms with E-state index in [4.69, 9.17) is 4.74 Å². The lowest BCUT2D eigenvalue weighted by Gasteiger charge is -2.16. The van der Waals surface area contributed by atoms with Crippen LogP contribution in [0.15, 0.2) is 55.1 Å². The number of ether oxygens (including phenoxy) is 1. The zero-order valence-electron chi connectivity index (χ0n) is 12.9. The van der Waals surface area contributed by atoms with Crippen LogP contribution in [0.2, 0.25) is 0 Å². The Labute approximate surface area is 130 Å². The summed E-state index contributed by atoms with van der Waals surface area (Å²) in [6.45, 7) is 7.60. The minimum Gasteiger partial charge on any atom is -0.508 e. The summed E-state index contributed by atoms with van der Waals surface area (Å²) < 4.78 is 5.13. The number of rotatable bonds is 5. The number of carbonyl (C=O) groups is 1. The van der Waals surface area contributed by atoms with Gasteiger partial charge >= 0.3 is 5.97 Å². The lowest BCUT2D eigenvalue weighted by Crippen LogP contribution is -2.14. The predicted molar refractivity (Wildman–Crippen MR) is 87.9 cm³/mol. The van der Waals surface area contributed by atoms with Crippen molar-refractivity contribution in [3.63, 3.8) is 0 Å². The first-order valence-electron chi connectivity index (χ1n) is 7.21. The van der Waals surface area contributed by atoms with Crippen LogP contribution in [-0.4, -0.2) is 17.7 Å². The van der Waals surface area contributed by atoms with Gasteiger partial charge in [-0.25, -0.2) is 0 Å². The second-order valence-corrected chi connectivity index (χ2v) is 5.21. The topological polar surface area (TPSA) is 46.5 Å². The maximum atomic E-state index is 12.0. The lowest BCUT2D eigenvalue weighted by molar-refractivity contribution is -0.143. The van der Waals surface area contributed by atoms with Crippen molar-refractivity contribution in [3.8, 4) is 16.9 Å². The third-order valence-corrected chi connectivity index (χ3v) is 3.72. The molecule has 0 spiro atoms. The first kappa shape index (κ1) is 15.8. The van der Waals surface area contributed by atoms with Crippen molar-refractivity contribution in [2.75, 3.05) is 6.61 Å². The van der Waals surface area contributed by atoms with Crippen LogP contribution >= 0.6 is 0 Å². The standard InChI is InChI=1S/C19H20O3/c1-4-12-22-19(21)14(3)17-6-5-7-18(13(17)2)15-8-10-16(20)11-9-15/h4-11,14,20H,1,12H2,2-3H3. The van der Waals surface area contributed by atoms with E-state index in [2.05, 4.69) is 6.58 Å². The van der Waals surface area contributed by atoms with Crippen LogP contribution in [0.25, 0.3) is 11.1 Å². The first-order chi connectivity index (χ1) is 10.5. The molecule has 0 saturated heterocycles. The van der Waals surface area contributed by atoms with E-state index >= 15 is 0 Å². The van der Waals surface area contributed by atoms with E-state index in [-0.39, 0.29) is 24.2 Å². The molecule has 3 heteroatoms. The molecule has 114 valence electrons. The zero-order chi connectivity index (χ0) is 16.1. The van der Waals surface area contributed by atoms with Crippen molar-refractivity contribution < 1.29 is 14.6 Å². The van der Waals surface area contributed by atoms with E-state index in [1.807, 2.05) is 44.2 Å². The highest BCUT2D eigenvalue weighted by Gasteiger charge is 2.19. The fourth-order valence-electron chi connectivity index (χ4n) is 2.47. The Bertz CT molecular complexity index is 672. The van der Waals surface area contributed by atoms with Gasteiger partial charge in [-0.3, -0.25) is 4.79 Å². The Kier molecular flexibility index (Phi) is 4.99. The van der Waals surface area contributed by atoms with Crippen molar-refractivity contribution >= 4 is 5.97 Å². The van der Waals surface area contributed by atoms with Crippen LogP contribution < -0.4 is 0 Å². The van der Waals surface area contributed by atoms with Crippen molar-refractivity contribution in [1.29, 1.82) is 0 Å². The second-order valence-electron chi connectivity index (χ2n) is 5.21. The van der Waals surface area contributed by atoms with E-state index in [1.54, 1.807) is 18.2 Å². The van der Waals surface area contributed by atoms with E-state index in [0.29, 0.717) is 0 Å². The molecule has 2 rings (SSSR count). The van der Waals surface area contributed by atoms with E-state index in [9.17, 15) is 9.90 Å². The molecule has 0 radical (unpaired) electrons. The van der Waals surface area contributed by atoms with Gasteiger partial charge in [0.2, 0.25) is 0 Å². The van der Waals surface area contributed by atoms with Crippen LogP contribution in [0.4, 0.5) is 0 Å². The minimum atomic E-state index is -0.336. The molecular weight excluding hydrogens is 276 g/mol. The number of hydrogen-bond acceptors (Lipinski definition) is 3. The van der Waals surface area contributed by atoms with E-state index in [1.165, 1.54) is 0 Å². The molecule has 1 N–H and O–H groups in total. The van der Waals surface area contributed by atoms with Gasteiger partial charge in [-0.15, -0.1) is 0 Å². The summed E-state index contributed by atoms with van der Waals surface area (Å²) in [5.74, 6) is -0.359. The SMILES string of the molecule is C=CCOC(=O)C(C)c1cccc(-c2ccc(O)cc2)c1C. The molecule has 22 heavy (non-hydrogen) atoms. The molecule has 0 saturated carbocycles. The summed E-state index contributed by atoms with van der Waals surface area (Å²) in [6, 6.07) is 12.9. The zero-order valence-corrected chi connectivity index (χ0v) is 12.9. The molecule has 2 aromatic carbocycles. The maximum Gasteiger partial charge on any atom is 0.313 e. The Morgan fingerprint density at radius 2 is 1.95 bits per heavy atom. The number of phenols is 1. The number of benzene rings is 2. The largest absolute Gasteiger partial charge is 0.508 e. The second kappa shape index (κ2) is 6.94. The van der Waals surface area contributed by atoms with Gasteiger partial charge in [0.15, 0.2) is 0 Å². The Balaban J connectivity index is 2.35. The average Bonchev–Trinajstić information content (AvgIpc) is 2.53. The average molecular weight is 296 g/mol. The molecular formula is C19H20O3. The quantitative estimate of drug-likeness (QED) is 0.664. The molecule has 3 nitrogen and oxygen atoms in total. The third-order valence-electron chi connectivity index (χ3n) is 3.72. The van der Waals surface area contributed by atoms with Gasteiger partial charge in [0.25, 0.3) is 0 Å². The third kappa shape index (κ3) is 3.37. The molecule has 0 fully saturated rings. The molecule has 1 atom stereocenters. The lowest BCUT2D eigenvalue weighted by atomic mass is 9.90. The van der Waals surface area contributed by atoms with E-state index < -0.39 is 0 Å². The number of phenolic OH excluding ortho intramolecular Hbond substituents is 1. The van der Waals surface area contributed by atoms with Crippen molar-refractivity contribution in [2.45, 2.75) is 19.8 Å². The van der Waals surface area contributed by atoms with Gasteiger partial charge in [0.05, 0.1) is 5.92 Å². The van der Waals surface area contributed by atoms with Crippen molar-refractivity contribution in [2.24, 2.45) is 0 Å². The van der Waals surface area contributed by atoms with Gasteiger partial charge in [0.1, 0.15) is 12.4 Å². The molecule has 2 aromatic rings.